The van der Waals surface area contributed by atoms with Crippen molar-refractivity contribution in [3.05, 3.63) is 0 Å². The minimum absolute atomic E-state index is 0.778. The van der Waals surface area contributed by atoms with Crippen molar-refractivity contribution in [3.8, 4) is 0 Å². The SMILES string of the molecule is CC1=NCC[Se]1. The summed E-state index contributed by atoms with van der Waals surface area (Å²) >= 11 is 0.778. The van der Waals surface area contributed by atoms with Crippen LogP contribution in [0.25, 0.3) is 0 Å². The van der Waals surface area contributed by atoms with Crippen molar-refractivity contribution >= 4 is 19.6 Å². The van der Waals surface area contributed by atoms with Gasteiger partial charge in [0.15, 0.2) is 0 Å². The Bertz CT molecular complexity index is 77.6. The first kappa shape index (κ1) is 4.35. The van der Waals surface area contributed by atoms with E-state index in [0.717, 1.165) is 21.5 Å². The molecule has 1 aliphatic rings. The zero-order valence-corrected chi connectivity index (χ0v) is 5.48. The predicted octanol–water partition coefficient (Wildman–Crippen LogP) is 0.541. The maximum absolute atomic E-state index is 4.18. The summed E-state index contributed by atoms with van der Waals surface area (Å²) in [5, 5.41) is 1.35. The van der Waals surface area contributed by atoms with Crippen molar-refractivity contribution in [2.45, 2.75) is 12.2 Å². The number of rotatable bonds is 0. The Balaban J connectivity index is 2.45. The van der Waals surface area contributed by atoms with Gasteiger partial charge in [0.1, 0.15) is 0 Å². The van der Waals surface area contributed by atoms with Crippen LogP contribution in [-0.2, 0) is 0 Å². The van der Waals surface area contributed by atoms with Crippen LogP contribution in [0.1, 0.15) is 6.92 Å². The van der Waals surface area contributed by atoms with Gasteiger partial charge in [0.25, 0.3) is 0 Å². The summed E-state index contributed by atoms with van der Waals surface area (Å²) in [6.45, 7) is 3.22. The van der Waals surface area contributed by atoms with Gasteiger partial charge in [0.05, 0.1) is 0 Å². The molecule has 0 aromatic heterocycles. The van der Waals surface area contributed by atoms with E-state index in [-0.39, 0.29) is 0 Å². The summed E-state index contributed by atoms with van der Waals surface area (Å²) in [4.78, 5) is 4.18. The van der Waals surface area contributed by atoms with Gasteiger partial charge in [-0.25, -0.2) is 0 Å². The molecule has 0 bridgehead atoms. The van der Waals surface area contributed by atoms with E-state index in [4.69, 9.17) is 0 Å². The molecule has 0 radical (unpaired) electrons. The van der Waals surface area contributed by atoms with E-state index >= 15 is 0 Å². The van der Waals surface area contributed by atoms with Crippen LogP contribution < -0.4 is 0 Å². The van der Waals surface area contributed by atoms with Gasteiger partial charge < -0.3 is 0 Å². The Morgan fingerprint density at radius 3 is 2.83 bits per heavy atom. The first-order chi connectivity index (χ1) is 2.89. The topological polar surface area (TPSA) is 12.4 Å². The molecule has 2 heteroatoms. The van der Waals surface area contributed by atoms with Crippen molar-refractivity contribution in [2.24, 2.45) is 4.99 Å². The molecule has 1 rings (SSSR count). The fourth-order valence-corrected chi connectivity index (χ4v) is 1.83. The quantitative estimate of drug-likeness (QED) is 0.444. The number of hydrogen-bond donors (Lipinski definition) is 0. The summed E-state index contributed by atoms with van der Waals surface area (Å²) in [7, 11) is 0. The third kappa shape index (κ3) is 0.825. The third-order valence-electron chi connectivity index (χ3n) is 0.737. The van der Waals surface area contributed by atoms with Crippen molar-refractivity contribution < 1.29 is 0 Å². The Morgan fingerprint density at radius 2 is 2.67 bits per heavy atom. The van der Waals surface area contributed by atoms with E-state index in [0.29, 0.717) is 0 Å². The van der Waals surface area contributed by atoms with Gasteiger partial charge in [0, 0.05) is 0 Å². The standard InChI is InChI=1S/C4H7NSe/c1-4-5-2-3-6-4/h2-3H2,1H3. The molecule has 0 spiro atoms. The molecule has 0 amide bonds. The van der Waals surface area contributed by atoms with Crippen LogP contribution in [0.15, 0.2) is 4.99 Å². The fraction of sp³-hybridized carbons (Fsp3) is 0.750. The summed E-state index contributed by atoms with van der Waals surface area (Å²) in [5.41, 5.74) is 0. The molecule has 0 saturated heterocycles. The van der Waals surface area contributed by atoms with Gasteiger partial charge in [0.2, 0.25) is 0 Å². The van der Waals surface area contributed by atoms with E-state index in [1.165, 1.54) is 9.93 Å². The molecule has 34 valence electrons. The van der Waals surface area contributed by atoms with E-state index in [9.17, 15) is 0 Å². The summed E-state index contributed by atoms with van der Waals surface area (Å²) in [6.07, 6.45) is 0. The van der Waals surface area contributed by atoms with E-state index in [1.54, 1.807) is 0 Å². The van der Waals surface area contributed by atoms with E-state index in [2.05, 4.69) is 11.9 Å². The second kappa shape index (κ2) is 1.76. The van der Waals surface area contributed by atoms with Crippen LogP contribution in [0.3, 0.4) is 0 Å². The van der Waals surface area contributed by atoms with Gasteiger partial charge in [-0.15, -0.1) is 0 Å². The molecule has 1 aliphatic heterocycles. The van der Waals surface area contributed by atoms with Crippen LogP contribution in [0.4, 0.5) is 0 Å². The Labute approximate surface area is 44.0 Å². The first-order valence-corrected chi connectivity index (χ1v) is 4.10. The van der Waals surface area contributed by atoms with E-state index in [1.807, 2.05) is 0 Å². The van der Waals surface area contributed by atoms with Gasteiger partial charge in [-0.1, -0.05) is 0 Å². The van der Waals surface area contributed by atoms with Crippen molar-refractivity contribution in [3.63, 3.8) is 0 Å². The Morgan fingerprint density at radius 1 is 1.83 bits per heavy atom. The molecule has 6 heavy (non-hydrogen) atoms. The first-order valence-electron chi connectivity index (χ1n) is 2.03. The zero-order chi connectivity index (χ0) is 4.41. The van der Waals surface area contributed by atoms with Gasteiger partial charge in [-0.05, 0) is 0 Å². The second-order valence-electron chi connectivity index (χ2n) is 1.25. The average Bonchev–Trinajstić information content (AvgIpc) is 1.86. The van der Waals surface area contributed by atoms with Gasteiger partial charge in [-0.3, -0.25) is 0 Å². The van der Waals surface area contributed by atoms with Crippen LogP contribution in [0.2, 0.25) is 5.32 Å². The van der Waals surface area contributed by atoms with Crippen molar-refractivity contribution in [1.29, 1.82) is 0 Å². The number of aliphatic imine (C=N–C) groups is 1. The molecule has 0 saturated carbocycles. The molecule has 0 unspecified atom stereocenters. The van der Waals surface area contributed by atoms with Gasteiger partial charge >= 0.3 is 43.3 Å². The maximum atomic E-state index is 4.18. The zero-order valence-electron chi connectivity index (χ0n) is 3.77. The predicted molar refractivity (Wildman–Crippen MR) is 28.5 cm³/mol. The summed E-state index contributed by atoms with van der Waals surface area (Å²) < 4.78 is 1.39. The molecule has 1 nitrogen and oxygen atoms in total. The number of nitrogens with zero attached hydrogens (tertiary/aromatic N) is 1. The summed E-state index contributed by atoms with van der Waals surface area (Å²) in [5.74, 6) is 0. The van der Waals surface area contributed by atoms with Crippen LogP contribution in [0, 0.1) is 0 Å². The molecule has 0 aromatic carbocycles. The summed E-state index contributed by atoms with van der Waals surface area (Å²) in [6, 6.07) is 0. The average molecular weight is 148 g/mol. The molecule has 0 atom stereocenters. The van der Waals surface area contributed by atoms with E-state index < -0.39 is 0 Å². The number of hydrogen-bond acceptors (Lipinski definition) is 1. The molecule has 0 aromatic rings. The van der Waals surface area contributed by atoms with Crippen molar-refractivity contribution in [1.82, 2.24) is 0 Å². The molecule has 1 heterocycles. The second-order valence-corrected chi connectivity index (χ2v) is 3.95. The molecular weight excluding hydrogens is 141 g/mol. The van der Waals surface area contributed by atoms with Crippen LogP contribution in [-0.4, -0.2) is 26.1 Å². The molecule has 0 aliphatic carbocycles. The Kier molecular flexibility index (Phi) is 1.28. The fourth-order valence-electron chi connectivity index (χ4n) is 0.442. The van der Waals surface area contributed by atoms with Crippen LogP contribution in [0.5, 0.6) is 0 Å². The Hall–Kier alpha value is 0.189. The van der Waals surface area contributed by atoms with Crippen molar-refractivity contribution in [2.75, 3.05) is 6.54 Å². The minimum atomic E-state index is 0.778. The third-order valence-corrected chi connectivity index (χ3v) is 2.70. The van der Waals surface area contributed by atoms with Gasteiger partial charge in [-0.2, -0.15) is 0 Å². The molecule has 0 fully saturated rings. The molecule has 0 N–H and O–H groups in total. The normalized spacial score (nSPS) is 21.2. The monoisotopic (exact) mass is 149 g/mol. The van der Waals surface area contributed by atoms with Crippen LogP contribution >= 0.6 is 0 Å². The molecular formula is C4H7NSe.